The third-order valence-corrected chi connectivity index (χ3v) is 2.80. The van der Waals surface area contributed by atoms with Crippen LogP contribution in [0.3, 0.4) is 0 Å². The molecule has 16 heavy (non-hydrogen) atoms. The molecule has 1 heterocycles. The Bertz CT molecular complexity index is 334. The average molecular weight is 224 g/mol. The van der Waals surface area contributed by atoms with Gasteiger partial charge < -0.3 is 5.32 Å². The van der Waals surface area contributed by atoms with Gasteiger partial charge in [0.2, 0.25) is 0 Å². The van der Waals surface area contributed by atoms with E-state index in [0.29, 0.717) is 6.04 Å². The van der Waals surface area contributed by atoms with Crippen LogP contribution >= 0.6 is 0 Å². The van der Waals surface area contributed by atoms with Crippen LogP contribution in [0.5, 0.6) is 0 Å². The Labute approximate surface area is 97.3 Å². The van der Waals surface area contributed by atoms with Crippen LogP contribution in [0.1, 0.15) is 39.7 Å². The maximum atomic E-state index is 13.6. The minimum atomic E-state index is -0.211. The van der Waals surface area contributed by atoms with E-state index >= 15 is 0 Å². The normalized spacial score (nSPS) is 12.1. The SMILES string of the molecule is CC(C)NCCC(C)(C)c1ccncc1F. The van der Waals surface area contributed by atoms with Crippen molar-refractivity contribution in [2.75, 3.05) is 6.54 Å². The highest BCUT2D eigenvalue weighted by Crippen LogP contribution is 2.28. The first-order valence-electron chi connectivity index (χ1n) is 5.77. The molecule has 0 atom stereocenters. The zero-order valence-electron chi connectivity index (χ0n) is 10.5. The number of rotatable bonds is 5. The first-order valence-corrected chi connectivity index (χ1v) is 5.77. The van der Waals surface area contributed by atoms with Gasteiger partial charge >= 0.3 is 0 Å². The van der Waals surface area contributed by atoms with Crippen LogP contribution < -0.4 is 5.32 Å². The van der Waals surface area contributed by atoms with Crippen LogP contribution in [0.25, 0.3) is 0 Å². The minimum Gasteiger partial charge on any atom is -0.315 e. The van der Waals surface area contributed by atoms with Gasteiger partial charge in [0.15, 0.2) is 0 Å². The van der Waals surface area contributed by atoms with E-state index in [4.69, 9.17) is 0 Å². The summed E-state index contributed by atoms with van der Waals surface area (Å²) in [5, 5.41) is 3.35. The largest absolute Gasteiger partial charge is 0.315 e. The Morgan fingerprint density at radius 2 is 2.12 bits per heavy atom. The summed E-state index contributed by atoms with van der Waals surface area (Å²) < 4.78 is 13.6. The molecule has 1 aromatic rings. The van der Waals surface area contributed by atoms with E-state index in [1.807, 2.05) is 0 Å². The molecule has 0 aliphatic heterocycles. The Morgan fingerprint density at radius 1 is 1.44 bits per heavy atom. The fourth-order valence-corrected chi connectivity index (χ4v) is 1.73. The van der Waals surface area contributed by atoms with Gasteiger partial charge in [0.1, 0.15) is 5.82 Å². The van der Waals surface area contributed by atoms with Crippen LogP contribution in [-0.2, 0) is 5.41 Å². The minimum absolute atomic E-state index is 0.158. The predicted octanol–water partition coefficient (Wildman–Crippen LogP) is 2.89. The van der Waals surface area contributed by atoms with Crippen molar-refractivity contribution in [2.24, 2.45) is 0 Å². The second kappa shape index (κ2) is 5.39. The molecule has 1 rings (SSSR count). The van der Waals surface area contributed by atoms with Crippen LogP contribution in [-0.4, -0.2) is 17.6 Å². The molecular formula is C13H21FN2. The molecule has 0 unspecified atom stereocenters. The molecule has 0 fully saturated rings. The lowest BCUT2D eigenvalue weighted by molar-refractivity contribution is 0.422. The molecule has 0 amide bonds. The molecule has 1 aromatic heterocycles. The fourth-order valence-electron chi connectivity index (χ4n) is 1.73. The van der Waals surface area contributed by atoms with Crippen molar-refractivity contribution in [1.29, 1.82) is 0 Å². The molecule has 0 aromatic carbocycles. The molecular weight excluding hydrogens is 203 g/mol. The molecule has 90 valence electrons. The van der Waals surface area contributed by atoms with Gasteiger partial charge in [0.05, 0.1) is 6.20 Å². The molecule has 3 heteroatoms. The highest BCUT2D eigenvalue weighted by Gasteiger charge is 2.23. The number of hydrogen-bond donors (Lipinski definition) is 1. The highest BCUT2D eigenvalue weighted by atomic mass is 19.1. The molecule has 0 saturated carbocycles. The van der Waals surface area contributed by atoms with E-state index < -0.39 is 0 Å². The zero-order valence-corrected chi connectivity index (χ0v) is 10.5. The lowest BCUT2D eigenvalue weighted by Crippen LogP contribution is -2.30. The third kappa shape index (κ3) is 3.56. The van der Waals surface area contributed by atoms with Crippen LogP contribution in [0, 0.1) is 5.82 Å². The summed E-state index contributed by atoms with van der Waals surface area (Å²) in [6.07, 6.45) is 3.84. The van der Waals surface area contributed by atoms with Crippen LogP contribution in [0.4, 0.5) is 4.39 Å². The maximum absolute atomic E-state index is 13.6. The van der Waals surface area contributed by atoms with Gasteiger partial charge in [-0.2, -0.15) is 0 Å². The summed E-state index contributed by atoms with van der Waals surface area (Å²) in [6, 6.07) is 2.24. The topological polar surface area (TPSA) is 24.9 Å². The van der Waals surface area contributed by atoms with Crippen molar-refractivity contribution >= 4 is 0 Å². The molecule has 0 aliphatic carbocycles. The molecule has 2 nitrogen and oxygen atoms in total. The monoisotopic (exact) mass is 224 g/mol. The Balaban J connectivity index is 2.66. The van der Waals surface area contributed by atoms with Crippen molar-refractivity contribution < 1.29 is 4.39 Å². The maximum Gasteiger partial charge on any atom is 0.145 e. The highest BCUT2D eigenvalue weighted by molar-refractivity contribution is 5.22. The quantitative estimate of drug-likeness (QED) is 0.832. The van der Waals surface area contributed by atoms with Gasteiger partial charge in [0.25, 0.3) is 0 Å². The van der Waals surface area contributed by atoms with Gasteiger partial charge in [-0.1, -0.05) is 27.7 Å². The van der Waals surface area contributed by atoms with Gasteiger partial charge in [-0.3, -0.25) is 4.98 Å². The first kappa shape index (κ1) is 13.1. The standard InChI is InChI=1S/C13H21FN2/c1-10(2)16-8-6-13(3,4)11-5-7-15-9-12(11)14/h5,7,9-10,16H,6,8H2,1-4H3. The van der Waals surface area contributed by atoms with E-state index in [9.17, 15) is 4.39 Å². The average Bonchev–Trinajstić information content (AvgIpc) is 2.17. The second-order valence-corrected chi connectivity index (χ2v) is 5.10. The lowest BCUT2D eigenvalue weighted by atomic mass is 9.82. The Hall–Kier alpha value is -0.960. The molecule has 0 aliphatic rings. The molecule has 0 spiro atoms. The van der Waals surface area contributed by atoms with Crippen molar-refractivity contribution in [1.82, 2.24) is 10.3 Å². The van der Waals surface area contributed by atoms with Gasteiger partial charge in [-0.25, -0.2) is 4.39 Å². The smallest absolute Gasteiger partial charge is 0.145 e. The first-order chi connectivity index (χ1) is 7.43. The summed E-state index contributed by atoms with van der Waals surface area (Å²) in [5.74, 6) is -0.211. The van der Waals surface area contributed by atoms with Crippen molar-refractivity contribution in [3.63, 3.8) is 0 Å². The third-order valence-electron chi connectivity index (χ3n) is 2.80. The number of nitrogens with zero attached hydrogens (tertiary/aromatic N) is 1. The van der Waals surface area contributed by atoms with Gasteiger partial charge in [0, 0.05) is 12.2 Å². The lowest BCUT2D eigenvalue weighted by Gasteiger charge is -2.26. The van der Waals surface area contributed by atoms with Gasteiger partial charge in [-0.05, 0) is 30.0 Å². The van der Waals surface area contributed by atoms with Crippen LogP contribution in [0.15, 0.2) is 18.5 Å². The molecule has 1 N–H and O–H groups in total. The summed E-state index contributed by atoms with van der Waals surface area (Å²) in [4.78, 5) is 3.78. The summed E-state index contributed by atoms with van der Waals surface area (Å²) in [5.41, 5.74) is 0.586. The molecule has 0 radical (unpaired) electrons. The number of halogens is 1. The zero-order chi connectivity index (χ0) is 12.2. The summed E-state index contributed by atoms with van der Waals surface area (Å²) in [7, 11) is 0. The van der Waals surface area contributed by atoms with Crippen molar-refractivity contribution in [3.05, 3.63) is 29.8 Å². The number of nitrogens with one attached hydrogen (secondary N) is 1. The van der Waals surface area contributed by atoms with E-state index in [0.717, 1.165) is 18.5 Å². The van der Waals surface area contributed by atoms with E-state index in [-0.39, 0.29) is 11.2 Å². The van der Waals surface area contributed by atoms with Crippen molar-refractivity contribution in [3.8, 4) is 0 Å². The van der Waals surface area contributed by atoms with Crippen LogP contribution in [0.2, 0.25) is 0 Å². The number of hydrogen-bond acceptors (Lipinski definition) is 2. The Morgan fingerprint density at radius 3 is 2.69 bits per heavy atom. The second-order valence-electron chi connectivity index (χ2n) is 5.10. The number of aromatic nitrogens is 1. The Kier molecular flexibility index (Phi) is 4.42. The predicted molar refractivity (Wildman–Crippen MR) is 65.0 cm³/mol. The van der Waals surface area contributed by atoms with E-state index in [1.165, 1.54) is 6.20 Å². The van der Waals surface area contributed by atoms with Crippen molar-refractivity contribution in [2.45, 2.75) is 45.6 Å². The molecule has 0 saturated heterocycles. The summed E-state index contributed by atoms with van der Waals surface area (Å²) in [6.45, 7) is 9.24. The van der Waals surface area contributed by atoms with E-state index in [1.54, 1.807) is 12.3 Å². The summed E-state index contributed by atoms with van der Waals surface area (Å²) >= 11 is 0. The van der Waals surface area contributed by atoms with E-state index in [2.05, 4.69) is 38.0 Å². The number of pyridine rings is 1. The fraction of sp³-hybridized carbons (Fsp3) is 0.615. The van der Waals surface area contributed by atoms with Gasteiger partial charge in [-0.15, -0.1) is 0 Å². The molecule has 0 bridgehead atoms.